The van der Waals surface area contributed by atoms with Crippen LogP contribution in [0.25, 0.3) is 0 Å². The van der Waals surface area contributed by atoms with Crippen LogP contribution in [0, 0.1) is 0 Å². The highest BCUT2D eigenvalue weighted by atomic mass is 16.5. The number of hydrogen-bond acceptors (Lipinski definition) is 5. The minimum Gasteiger partial charge on any atom is -0.482 e. The molecule has 0 aromatic heterocycles. The molecule has 1 saturated heterocycles. The van der Waals surface area contributed by atoms with Crippen molar-refractivity contribution in [3.05, 3.63) is 23.8 Å². The Kier molecular flexibility index (Phi) is 4.78. The van der Waals surface area contributed by atoms with Gasteiger partial charge in [-0.2, -0.15) is 0 Å². The number of morpholine rings is 1. The van der Waals surface area contributed by atoms with Crippen molar-refractivity contribution in [2.75, 3.05) is 44.8 Å². The number of ether oxygens (including phenoxy) is 2. The fraction of sp³-hybridized carbons (Fsp3) is 0.500. The van der Waals surface area contributed by atoms with E-state index in [1.807, 2.05) is 6.92 Å². The summed E-state index contributed by atoms with van der Waals surface area (Å²) in [5, 5.41) is 5.70. The Hall–Kier alpha value is -2.12. The topological polar surface area (TPSA) is 79.9 Å². The number of nitrogens with one attached hydrogen (secondary N) is 2. The molecule has 2 N–H and O–H groups in total. The maximum atomic E-state index is 12.3. The Bertz CT molecular complexity index is 599. The van der Waals surface area contributed by atoms with Crippen LogP contribution in [-0.4, -0.2) is 62.2 Å². The third-order valence-electron chi connectivity index (χ3n) is 3.89. The minimum absolute atomic E-state index is 0.0223. The second-order valence-corrected chi connectivity index (χ2v) is 5.84. The van der Waals surface area contributed by atoms with E-state index in [0.717, 1.165) is 32.8 Å². The lowest BCUT2D eigenvalue weighted by Gasteiger charge is -2.29. The molecular weight excluding hydrogens is 298 g/mol. The smallest absolute Gasteiger partial charge is 0.262 e. The number of anilines is 1. The number of nitrogens with zero attached hydrogens (tertiary/aromatic N) is 1. The summed E-state index contributed by atoms with van der Waals surface area (Å²) in [4.78, 5) is 25.9. The summed E-state index contributed by atoms with van der Waals surface area (Å²) in [6.07, 6.45) is 0. The number of amides is 2. The number of benzene rings is 1. The lowest BCUT2D eigenvalue weighted by molar-refractivity contribution is -0.118. The predicted octanol–water partition coefficient (Wildman–Crippen LogP) is 0.468. The van der Waals surface area contributed by atoms with E-state index in [9.17, 15) is 9.59 Å². The fourth-order valence-corrected chi connectivity index (χ4v) is 2.74. The molecule has 7 heteroatoms. The Morgan fingerprint density at radius 2 is 2.17 bits per heavy atom. The second-order valence-electron chi connectivity index (χ2n) is 5.84. The van der Waals surface area contributed by atoms with Gasteiger partial charge in [-0.1, -0.05) is 0 Å². The third kappa shape index (κ3) is 4.00. The Balaban J connectivity index is 1.58. The average molecular weight is 319 g/mol. The standard InChI is InChI=1S/C16H21N3O4/c1-11(9-19-4-6-22-7-5-19)17-16(21)12-2-3-13-14(8-12)23-10-15(20)18-13/h2-3,8,11H,4-7,9-10H2,1H3,(H,17,21)(H,18,20)/t11-/m0/s1. The molecule has 2 amide bonds. The lowest BCUT2D eigenvalue weighted by atomic mass is 10.1. The zero-order valence-corrected chi connectivity index (χ0v) is 13.1. The van der Waals surface area contributed by atoms with Crippen LogP contribution in [0.3, 0.4) is 0 Å². The van der Waals surface area contributed by atoms with E-state index in [1.54, 1.807) is 18.2 Å². The number of fused-ring (bicyclic) bond motifs is 1. The first kappa shape index (κ1) is 15.8. The van der Waals surface area contributed by atoms with Gasteiger partial charge in [0.25, 0.3) is 11.8 Å². The van der Waals surface area contributed by atoms with Gasteiger partial charge in [-0.3, -0.25) is 14.5 Å². The quantitative estimate of drug-likeness (QED) is 0.843. The van der Waals surface area contributed by atoms with Crippen molar-refractivity contribution in [2.24, 2.45) is 0 Å². The van der Waals surface area contributed by atoms with E-state index in [4.69, 9.17) is 9.47 Å². The fourth-order valence-electron chi connectivity index (χ4n) is 2.74. The first-order valence-corrected chi connectivity index (χ1v) is 7.79. The van der Waals surface area contributed by atoms with Crippen molar-refractivity contribution in [2.45, 2.75) is 13.0 Å². The molecule has 0 saturated carbocycles. The van der Waals surface area contributed by atoms with E-state index in [1.165, 1.54) is 0 Å². The van der Waals surface area contributed by atoms with Gasteiger partial charge < -0.3 is 20.1 Å². The monoisotopic (exact) mass is 319 g/mol. The number of hydrogen-bond donors (Lipinski definition) is 2. The molecule has 1 aromatic rings. The van der Waals surface area contributed by atoms with Crippen molar-refractivity contribution in [1.29, 1.82) is 0 Å². The average Bonchev–Trinajstić information content (AvgIpc) is 2.55. The van der Waals surface area contributed by atoms with Crippen LogP contribution in [0.4, 0.5) is 5.69 Å². The summed E-state index contributed by atoms with van der Waals surface area (Å²) >= 11 is 0. The number of rotatable bonds is 4. The van der Waals surface area contributed by atoms with Crippen molar-refractivity contribution < 1.29 is 19.1 Å². The number of carbonyl (C=O) groups excluding carboxylic acids is 2. The van der Waals surface area contributed by atoms with Crippen molar-refractivity contribution in [1.82, 2.24) is 10.2 Å². The number of carbonyl (C=O) groups is 2. The predicted molar refractivity (Wildman–Crippen MR) is 84.8 cm³/mol. The van der Waals surface area contributed by atoms with E-state index in [-0.39, 0.29) is 24.5 Å². The van der Waals surface area contributed by atoms with Crippen LogP contribution in [0.15, 0.2) is 18.2 Å². The molecule has 23 heavy (non-hydrogen) atoms. The molecule has 7 nitrogen and oxygen atoms in total. The van der Waals surface area contributed by atoms with Crippen LogP contribution >= 0.6 is 0 Å². The van der Waals surface area contributed by atoms with Gasteiger partial charge in [-0.05, 0) is 25.1 Å². The highest BCUT2D eigenvalue weighted by Crippen LogP contribution is 2.28. The van der Waals surface area contributed by atoms with E-state index in [0.29, 0.717) is 17.0 Å². The molecule has 0 spiro atoms. The second kappa shape index (κ2) is 6.97. The Labute approximate surface area is 134 Å². The molecule has 0 radical (unpaired) electrons. The van der Waals surface area contributed by atoms with Crippen LogP contribution < -0.4 is 15.4 Å². The van der Waals surface area contributed by atoms with Crippen LogP contribution in [0.2, 0.25) is 0 Å². The van der Waals surface area contributed by atoms with Gasteiger partial charge in [-0.25, -0.2) is 0 Å². The van der Waals surface area contributed by atoms with Crippen molar-refractivity contribution in [3.63, 3.8) is 0 Å². The molecule has 1 atom stereocenters. The van der Waals surface area contributed by atoms with E-state index < -0.39 is 0 Å². The molecule has 0 aliphatic carbocycles. The summed E-state index contributed by atoms with van der Waals surface area (Å²) in [5.41, 5.74) is 1.12. The first-order chi connectivity index (χ1) is 11.1. The minimum atomic E-state index is -0.186. The zero-order valence-electron chi connectivity index (χ0n) is 13.1. The first-order valence-electron chi connectivity index (χ1n) is 7.79. The lowest BCUT2D eigenvalue weighted by Crippen LogP contribution is -2.46. The zero-order chi connectivity index (χ0) is 16.2. The van der Waals surface area contributed by atoms with Gasteiger partial charge >= 0.3 is 0 Å². The normalized spacial score (nSPS) is 19.3. The molecule has 2 aliphatic heterocycles. The van der Waals surface area contributed by atoms with Gasteiger partial charge in [-0.15, -0.1) is 0 Å². The SMILES string of the molecule is C[C@@H](CN1CCOCC1)NC(=O)c1ccc2c(c1)OCC(=O)N2. The highest BCUT2D eigenvalue weighted by Gasteiger charge is 2.19. The van der Waals surface area contributed by atoms with Gasteiger partial charge in [0.05, 0.1) is 18.9 Å². The largest absolute Gasteiger partial charge is 0.482 e. The molecule has 0 bridgehead atoms. The molecule has 124 valence electrons. The van der Waals surface area contributed by atoms with Crippen LogP contribution in [0.5, 0.6) is 5.75 Å². The van der Waals surface area contributed by atoms with Crippen LogP contribution in [0.1, 0.15) is 17.3 Å². The summed E-state index contributed by atoms with van der Waals surface area (Å²) in [5.74, 6) is 0.195. The van der Waals surface area contributed by atoms with Gasteiger partial charge in [0.15, 0.2) is 6.61 Å². The van der Waals surface area contributed by atoms with Crippen LogP contribution in [-0.2, 0) is 9.53 Å². The van der Waals surface area contributed by atoms with Crippen molar-refractivity contribution >= 4 is 17.5 Å². The molecule has 1 aromatic carbocycles. The summed E-state index contributed by atoms with van der Waals surface area (Å²) in [6, 6.07) is 5.07. The van der Waals surface area contributed by atoms with Gasteiger partial charge in [0.2, 0.25) is 0 Å². The van der Waals surface area contributed by atoms with Gasteiger partial charge in [0.1, 0.15) is 5.75 Å². The molecule has 0 unspecified atom stereocenters. The van der Waals surface area contributed by atoms with Gasteiger partial charge in [0, 0.05) is 31.2 Å². The maximum Gasteiger partial charge on any atom is 0.262 e. The Morgan fingerprint density at radius 1 is 1.39 bits per heavy atom. The maximum absolute atomic E-state index is 12.3. The Morgan fingerprint density at radius 3 is 2.96 bits per heavy atom. The molecular formula is C16H21N3O4. The molecule has 3 rings (SSSR count). The highest BCUT2D eigenvalue weighted by molar-refractivity contribution is 5.99. The van der Waals surface area contributed by atoms with E-state index >= 15 is 0 Å². The van der Waals surface area contributed by atoms with E-state index in [2.05, 4.69) is 15.5 Å². The molecule has 1 fully saturated rings. The third-order valence-corrected chi connectivity index (χ3v) is 3.89. The summed E-state index contributed by atoms with van der Waals surface area (Å²) < 4.78 is 10.7. The summed E-state index contributed by atoms with van der Waals surface area (Å²) in [6.45, 7) is 6.04. The molecule has 2 aliphatic rings. The summed E-state index contributed by atoms with van der Waals surface area (Å²) in [7, 11) is 0. The molecule has 2 heterocycles. The van der Waals surface area contributed by atoms with Crippen molar-refractivity contribution in [3.8, 4) is 5.75 Å².